The molecule has 0 N–H and O–H groups in total. The minimum absolute atomic E-state index is 0.0998. The first kappa shape index (κ1) is 13.9. The van der Waals surface area contributed by atoms with E-state index >= 15 is 0 Å². The molecule has 0 aliphatic heterocycles. The Morgan fingerprint density at radius 2 is 1.71 bits per heavy atom. The van der Waals surface area contributed by atoms with E-state index in [-0.39, 0.29) is 5.78 Å². The Morgan fingerprint density at radius 1 is 1.05 bits per heavy atom. The van der Waals surface area contributed by atoms with Crippen LogP contribution in [0.1, 0.15) is 32.8 Å². The first-order chi connectivity index (χ1) is 9.97. The van der Waals surface area contributed by atoms with Crippen LogP contribution < -0.4 is 0 Å². The van der Waals surface area contributed by atoms with Gasteiger partial charge in [-0.2, -0.15) is 0 Å². The summed E-state index contributed by atoms with van der Waals surface area (Å²) in [5.41, 5.74) is 4.41. The van der Waals surface area contributed by atoms with Crippen LogP contribution in [0, 0.1) is 20.8 Å². The number of rotatable bonds is 2. The van der Waals surface area contributed by atoms with Gasteiger partial charge >= 0.3 is 0 Å². The third kappa shape index (κ3) is 2.36. The van der Waals surface area contributed by atoms with Gasteiger partial charge < -0.3 is 4.42 Å². The van der Waals surface area contributed by atoms with Crippen molar-refractivity contribution in [3.05, 3.63) is 69.4 Å². The Balaban J connectivity index is 2.15. The van der Waals surface area contributed by atoms with Crippen LogP contribution in [0.15, 0.2) is 40.8 Å². The first-order valence-electron chi connectivity index (χ1n) is 6.78. The zero-order valence-corrected chi connectivity index (χ0v) is 12.9. The smallest absolute Gasteiger partial charge is 0.228 e. The van der Waals surface area contributed by atoms with Gasteiger partial charge in [0.05, 0.1) is 5.02 Å². The maximum atomic E-state index is 12.7. The number of ketones is 1. The summed E-state index contributed by atoms with van der Waals surface area (Å²) in [6.07, 6.45) is 0. The predicted molar refractivity (Wildman–Crippen MR) is 85.3 cm³/mol. The van der Waals surface area contributed by atoms with Gasteiger partial charge in [-0.05, 0) is 50.1 Å². The molecular formula is C18H15ClO2. The van der Waals surface area contributed by atoms with Crippen LogP contribution in [0.25, 0.3) is 11.0 Å². The molecule has 1 heterocycles. The highest BCUT2D eigenvalue weighted by molar-refractivity contribution is 6.35. The molecule has 0 bridgehead atoms. The SMILES string of the molecule is Cc1cc(C)c(C(=O)c2cc3c(Cl)cccc3o2)c(C)c1. The molecule has 1 aromatic heterocycles. The zero-order valence-electron chi connectivity index (χ0n) is 12.2. The molecular weight excluding hydrogens is 284 g/mol. The summed E-state index contributed by atoms with van der Waals surface area (Å²) in [5, 5.41) is 1.36. The lowest BCUT2D eigenvalue weighted by atomic mass is 9.95. The summed E-state index contributed by atoms with van der Waals surface area (Å²) in [7, 11) is 0. The summed E-state index contributed by atoms with van der Waals surface area (Å²) in [5.74, 6) is 0.227. The standard InChI is InChI=1S/C18H15ClO2/c1-10-7-11(2)17(12(3)8-10)18(20)16-9-13-14(19)5-4-6-15(13)21-16/h4-9H,1-3H3. The summed E-state index contributed by atoms with van der Waals surface area (Å²) in [4.78, 5) is 12.7. The molecule has 21 heavy (non-hydrogen) atoms. The second kappa shape index (κ2) is 5.05. The van der Waals surface area contributed by atoms with Crippen molar-refractivity contribution in [2.75, 3.05) is 0 Å². The molecule has 106 valence electrons. The van der Waals surface area contributed by atoms with Gasteiger partial charge in [0.25, 0.3) is 0 Å². The number of carbonyl (C=O) groups excluding carboxylic acids is 1. The zero-order chi connectivity index (χ0) is 15.1. The maximum Gasteiger partial charge on any atom is 0.228 e. The van der Waals surface area contributed by atoms with Gasteiger partial charge in [0.1, 0.15) is 5.58 Å². The summed E-state index contributed by atoms with van der Waals surface area (Å²) < 4.78 is 5.67. The van der Waals surface area contributed by atoms with E-state index in [9.17, 15) is 4.79 Å². The van der Waals surface area contributed by atoms with Crippen molar-refractivity contribution in [1.29, 1.82) is 0 Å². The van der Waals surface area contributed by atoms with Crippen LogP contribution in [0.5, 0.6) is 0 Å². The molecule has 0 aliphatic rings. The summed E-state index contributed by atoms with van der Waals surface area (Å²) in [6.45, 7) is 5.92. The Hall–Kier alpha value is -2.06. The second-order valence-corrected chi connectivity index (χ2v) is 5.77. The second-order valence-electron chi connectivity index (χ2n) is 5.37. The molecule has 0 atom stereocenters. The third-order valence-corrected chi connectivity index (χ3v) is 3.97. The first-order valence-corrected chi connectivity index (χ1v) is 7.16. The average molecular weight is 299 g/mol. The molecule has 0 unspecified atom stereocenters. The van der Waals surface area contributed by atoms with Gasteiger partial charge in [-0.25, -0.2) is 0 Å². The fourth-order valence-corrected chi connectivity index (χ4v) is 3.02. The van der Waals surface area contributed by atoms with E-state index < -0.39 is 0 Å². The number of fused-ring (bicyclic) bond motifs is 1. The highest BCUT2D eigenvalue weighted by Gasteiger charge is 2.19. The number of carbonyl (C=O) groups is 1. The van der Waals surface area contributed by atoms with Crippen molar-refractivity contribution in [2.24, 2.45) is 0 Å². The van der Waals surface area contributed by atoms with Gasteiger partial charge in [-0.15, -0.1) is 0 Å². The number of benzene rings is 2. The summed E-state index contributed by atoms with van der Waals surface area (Å²) >= 11 is 6.13. The molecule has 2 nitrogen and oxygen atoms in total. The number of halogens is 1. The van der Waals surface area contributed by atoms with Gasteiger partial charge in [-0.1, -0.05) is 35.4 Å². The van der Waals surface area contributed by atoms with Crippen LogP contribution >= 0.6 is 11.6 Å². The lowest BCUT2D eigenvalue weighted by Gasteiger charge is -2.08. The van der Waals surface area contributed by atoms with E-state index in [1.54, 1.807) is 12.1 Å². The topological polar surface area (TPSA) is 30.2 Å². The number of hydrogen-bond acceptors (Lipinski definition) is 2. The molecule has 0 saturated heterocycles. The predicted octanol–water partition coefficient (Wildman–Crippen LogP) is 5.24. The van der Waals surface area contributed by atoms with Gasteiger partial charge in [-0.3, -0.25) is 4.79 Å². The van der Waals surface area contributed by atoms with Gasteiger partial charge in [0, 0.05) is 10.9 Å². The van der Waals surface area contributed by atoms with E-state index in [0.717, 1.165) is 22.1 Å². The lowest BCUT2D eigenvalue weighted by Crippen LogP contribution is -2.05. The molecule has 0 radical (unpaired) electrons. The van der Waals surface area contributed by atoms with E-state index in [0.29, 0.717) is 21.9 Å². The summed E-state index contributed by atoms with van der Waals surface area (Å²) in [6, 6.07) is 11.2. The van der Waals surface area contributed by atoms with Crippen molar-refractivity contribution in [2.45, 2.75) is 20.8 Å². The maximum absolute atomic E-state index is 12.7. The Kier molecular flexibility index (Phi) is 3.34. The Labute approximate surface area is 128 Å². The van der Waals surface area contributed by atoms with Crippen LogP contribution in [0.3, 0.4) is 0 Å². The van der Waals surface area contributed by atoms with Gasteiger partial charge in [0.15, 0.2) is 5.76 Å². The molecule has 0 spiro atoms. The molecule has 3 rings (SSSR count). The number of hydrogen-bond donors (Lipinski definition) is 0. The van der Waals surface area contributed by atoms with Crippen LogP contribution in [0.4, 0.5) is 0 Å². The molecule has 0 amide bonds. The molecule has 2 aromatic carbocycles. The quantitative estimate of drug-likeness (QED) is 0.605. The monoisotopic (exact) mass is 298 g/mol. The van der Waals surface area contributed by atoms with Crippen LogP contribution in [0.2, 0.25) is 5.02 Å². The molecule has 0 fully saturated rings. The van der Waals surface area contributed by atoms with E-state index in [2.05, 4.69) is 0 Å². The molecule has 0 aliphatic carbocycles. The molecule has 3 aromatic rings. The normalized spacial score (nSPS) is 11.0. The Morgan fingerprint density at radius 3 is 2.33 bits per heavy atom. The average Bonchev–Trinajstić information content (AvgIpc) is 2.82. The third-order valence-electron chi connectivity index (χ3n) is 3.64. The highest BCUT2D eigenvalue weighted by Crippen LogP contribution is 2.29. The fraction of sp³-hybridized carbons (Fsp3) is 0.167. The Bertz CT molecular complexity index is 836. The molecule has 0 saturated carbocycles. The highest BCUT2D eigenvalue weighted by atomic mass is 35.5. The van der Waals surface area contributed by atoms with Gasteiger partial charge in [0.2, 0.25) is 5.78 Å². The van der Waals surface area contributed by atoms with Crippen molar-refractivity contribution in [3.8, 4) is 0 Å². The van der Waals surface area contributed by atoms with E-state index in [1.807, 2.05) is 45.0 Å². The fourth-order valence-electron chi connectivity index (χ4n) is 2.80. The molecule has 3 heteroatoms. The van der Waals surface area contributed by atoms with Crippen molar-refractivity contribution >= 4 is 28.4 Å². The number of furan rings is 1. The number of aryl methyl sites for hydroxylation is 3. The van der Waals surface area contributed by atoms with Crippen molar-refractivity contribution < 1.29 is 9.21 Å². The van der Waals surface area contributed by atoms with Crippen molar-refractivity contribution in [3.63, 3.8) is 0 Å². The van der Waals surface area contributed by atoms with Crippen LogP contribution in [-0.4, -0.2) is 5.78 Å². The lowest BCUT2D eigenvalue weighted by molar-refractivity contribution is 0.101. The van der Waals surface area contributed by atoms with E-state index in [4.69, 9.17) is 16.0 Å². The van der Waals surface area contributed by atoms with Crippen LogP contribution in [-0.2, 0) is 0 Å². The van der Waals surface area contributed by atoms with Crippen molar-refractivity contribution in [1.82, 2.24) is 0 Å². The van der Waals surface area contributed by atoms with E-state index in [1.165, 1.54) is 0 Å². The minimum atomic E-state index is -0.0998. The minimum Gasteiger partial charge on any atom is -0.453 e. The largest absolute Gasteiger partial charge is 0.453 e.